The van der Waals surface area contributed by atoms with Crippen LogP contribution < -0.4 is 15.2 Å². The molecule has 0 aliphatic carbocycles. The van der Waals surface area contributed by atoms with Gasteiger partial charge in [-0.15, -0.1) is 5.10 Å². The summed E-state index contributed by atoms with van der Waals surface area (Å²) in [7, 11) is -3.87. The Bertz CT molecular complexity index is 2180. The first-order valence-electron chi connectivity index (χ1n) is 17.7. The van der Waals surface area contributed by atoms with E-state index in [-0.39, 0.29) is 42.3 Å². The van der Waals surface area contributed by atoms with Gasteiger partial charge in [-0.25, -0.2) is 23.1 Å². The molecular weight excluding hydrogens is 679 g/mol. The fraction of sp³-hybridized carbons (Fsp3) is 0.410. The molecule has 0 unspecified atom stereocenters. The summed E-state index contributed by atoms with van der Waals surface area (Å²) in [6, 6.07) is 17.2. The molecule has 274 valence electrons. The van der Waals surface area contributed by atoms with E-state index in [1.54, 1.807) is 36.7 Å². The number of aromatic nitrogens is 5. The number of ether oxygens (including phenoxy) is 2. The molecule has 5 aromatic rings. The van der Waals surface area contributed by atoms with Crippen LogP contribution in [0.5, 0.6) is 11.8 Å². The molecule has 12 nitrogen and oxygen atoms in total. The second-order valence-electron chi connectivity index (χ2n) is 13.9. The summed E-state index contributed by atoms with van der Waals surface area (Å²) in [5.74, 6) is -0.0568. The van der Waals surface area contributed by atoms with Crippen LogP contribution >= 0.6 is 0 Å². The number of hydrogen-bond acceptors (Lipinski definition) is 10. The van der Waals surface area contributed by atoms with Crippen molar-refractivity contribution in [2.75, 3.05) is 19.7 Å². The molecule has 0 amide bonds. The Morgan fingerprint density at radius 1 is 1.08 bits per heavy atom. The van der Waals surface area contributed by atoms with Crippen molar-refractivity contribution in [1.29, 1.82) is 0 Å². The molecule has 0 saturated heterocycles. The third-order valence-electron chi connectivity index (χ3n) is 10.1. The second kappa shape index (κ2) is 15.1. The van der Waals surface area contributed by atoms with Crippen molar-refractivity contribution in [1.82, 2.24) is 29.3 Å². The van der Waals surface area contributed by atoms with Crippen molar-refractivity contribution >= 4 is 26.8 Å². The monoisotopic (exact) mass is 725 g/mol. The fourth-order valence-electron chi connectivity index (χ4n) is 6.98. The van der Waals surface area contributed by atoms with Gasteiger partial charge in [0.2, 0.25) is 10.0 Å². The van der Waals surface area contributed by atoms with E-state index in [0.29, 0.717) is 37.4 Å². The summed E-state index contributed by atoms with van der Waals surface area (Å²) in [6.45, 7) is 13.6. The van der Waals surface area contributed by atoms with Crippen LogP contribution in [-0.4, -0.2) is 69.3 Å². The lowest BCUT2D eigenvalue weighted by molar-refractivity contribution is -0.127. The molecule has 2 aromatic heterocycles. The van der Waals surface area contributed by atoms with Gasteiger partial charge in [-0.05, 0) is 78.8 Å². The number of Topliss-reactive ketones (excluding diaryl/α,β-unsaturated/α-hetero) is 1. The molecule has 0 saturated carbocycles. The van der Waals surface area contributed by atoms with Gasteiger partial charge in [-0.1, -0.05) is 62.4 Å². The Balaban J connectivity index is 1.42. The molecule has 0 radical (unpaired) electrons. The Kier molecular flexibility index (Phi) is 10.8. The molecule has 0 fully saturated rings. The van der Waals surface area contributed by atoms with Crippen LogP contribution in [0.1, 0.15) is 73.4 Å². The smallest absolute Gasteiger partial charge is 0.316 e. The van der Waals surface area contributed by atoms with Gasteiger partial charge in [0.25, 0.3) is 0 Å². The molecule has 1 aliphatic rings. The lowest BCUT2D eigenvalue weighted by Gasteiger charge is -2.35. The number of aryl methyl sites for hydroxylation is 3. The van der Waals surface area contributed by atoms with E-state index in [9.17, 15) is 13.2 Å². The number of benzene rings is 3. The maximum Gasteiger partial charge on any atom is 0.316 e. The fourth-order valence-corrected chi connectivity index (χ4v) is 8.55. The second-order valence-corrected chi connectivity index (χ2v) is 15.8. The summed E-state index contributed by atoms with van der Waals surface area (Å²) in [6.07, 6.45) is 3.67. The molecule has 2 atom stereocenters. The highest BCUT2D eigenvalue weighted by Crippen LogP contribution is 2.45. The van der Waals surface area contributed by atoms with E-state index in [2.05, 4.69) is 32.4 Å². The minimum atomic E-state index is -3.87. The lowest BCUT2D eigenvalue weighted by Crippen LogP contribution is -2.37. The SMILES string of the molecule is CC[C@@H]1CN(Cc2cc([C@@H](c3ccc4c(nnn4CC)c3C)C(C)(C)C(=O)Cc3cnc(OCCN)nc3)ccc2C)S(=O)(=O)c2ccccc2O1. The highest BCUT2D eigenvalue weighted by Gasteiger charge is 2.40. The number of nitrogens with zero attached hydrogens (tertiary/aromatic N) is 6. The third kappa shape index (κ3) is 7.17. The highest BCUT2D eigenvalue weighted by atomic mass is 32.2. The minimum Gasteiger partial charge on any atom is -0.488 e. The molecule has 52 heavy (non-hydrogen) atoms. The molecule has 2 N–H and O–H groups in total. The zero-order chi connectivity index (χ0) is 37.2. The quantitative estimate of drug-likeness (QED) is 0.164. The molecular formula is C39H47N7O5S. The molecule has 13 heteroatoms. The van der Waals surface area contributed by atoms with Crippen LogP contribution in [0.25, 0.3) is 11.0 Å². The Labute approximate surface area is 305 Å². The number of carbonyl (C=O) groups is 1. The molecule has 0 spiro atoms. The van der Waals surface area contributed by atoms with Crippen LogP contribution in [-0.2, 0) is 34.3 Å². The Morgan fingerprint density at radius 2 is 1.83 bits per heavy atom. The van der Waals surface area contributed by atoms with Crippen LogP contribution in [0.4, 0.5) is 0 Å². The average Bonchev–Trinajstić information content (AvgIpc) is 3.52. The van der Waals surface area contributed by atoms with Gasteiger partial charge in [-0.3, -0.25) is 4.79 Å². The van der Waals surface area contributed by atoms with Crippen molar-refractivity contribution in [3.8, 4) is 11.8 Å². The Hall–Kier alpha value is -4.72. The number of carbonyl (C=O) groups excluding carboxylic acids is 1. The zero-order valence-corrected chi connectivity index (χ0v) is 31.5. The predicted octanol–water partition coefficient (Wildman–Crippen LogP) is 5.53. The first kappa shape index (κ1) is 37.1. The van der Waals surface area contributed by atoms with Crippen molar-refractivity contribution in [2.24, 2.45) is 11.1 Å². The third-order valence-corrected chi connectivity index (χ3v) is 12.0. The molecule has 3 heterocycles. The highest BCUT2D eigenvalue weighted by molar-refractivity contribution is 7.89. The standard InChI is InChI=1S/C39H47N7O5S/c1-7-30-24-45(52(48,49)34-12-10-9-11-33(34)51-30)23-29-20-28(14-13-25(29)3)36(31-15-16-32-37(26(31)4)43-44-46(32)8-2)39(5,6)35(47)19-27-21-41-38(42-22-27)50-18-17-40/h9-16,20-22,30,36H,7-8,17-19,23-24,40H2,1-6H3/t30-,36+/m1/s1. The Morgan fingerprint density at radius 3 is 2.54 bits per heavy atom. The van der Waals surface area contributed by atoms with Crippen molar-refractivity contribution in [2.45, 2.75) is 84.4 Å². The number of fused-ring (bicyclic) bond motifs is 2. The largest absolute Gasteiger partial charge is 0.488 e. The van der Waals surface area contributed by atoms with Gasteiger partial charge in [0.1, 0.15) is 34.7 Å². The zero-order valence-electron chi connectivity index (χ0n) is 30.7. The van der Waals surface area contributed by atoms with Crippen molar-refractivity contribution in [3.63, 3.8) is 0 Å². The topological polar surface area (TPSA) is 155 Å². The van der Waals surface area contributed by atoms with Crippen LogP contribution in [0.2, 0.25) is 0 Å². The number of para-hydroxylation sites is 1. The van der Waals surface area contributed by atoms with Gasteiger partial charge in [0.15, 0.2) is 0 Å². The molecule has 1 aliphatic heterocycles. The van der Waals surface area contributed by atoms with Gasteiger partial charge >= 0.3 is 6.01 Å². The van der Waals surface area contributed by atoms with Gasteiger partial charge in [0, 0.05) is 49.8 Å². The van der Waals surface area contributed by atoms with Gasteiger partial charge in [-0.2, -0.15) is 4.31 Å². The molecule has 6 rings (SSSR count). The van der Waals surface area contributed by atoms with Crippen LogP contribution in [0.3, 0.4) is 0 Å². The summed E-state index contributed by atoms with van der Waals surface area (Å²) < 4.78 is 43.2. The summed E-state index contributed by atoms with van der Waals surface area (Å²) >= 11 is 0. The van der Waals surface area contributed by atoms with E-state index < -0.39 is 21.4 Å². The van der Waals surface area contributed by atoms with Crippen LogP contribution in [0, 0.1) is 19.3 Å². The predicted molar refractivity (Wildman–Crippen MR) is 199 cm³/mol. The van der Waals surface area contributed by atoms with E-state index in [0.717, 1.165) is 38.9 Å². The number of ketones is 1. The summed E-state index contributed by atoms with van der Waals surface area (Å²) in [4.78, 5) is 23.2. The number of sulfonamides is 1. The van der Waals surface area contributed by atoms with E-state index in [1.807, 2.05) is 64.4 Å². The number of hydrogen-bond donors (Lipinski definition) is 1. The van der Waals surface area contributed by atoms with Crippen LogP contribution in [0.15, 0.2) is 71.9 Å². The van der Waals surface area contributed by atoms with Crippen molar-refractivity contribution in [3.05, 3.63) is 100 Å². The minimum absolute atomic E-state index is 0.00907. The number of rotatable bonds is 13. The molecule has 0 bridgehead atoms. The van der Waals surface area contributed by atoms with Gasteiger partial charge in [0.05, 0.1) is 12.1 Å². The van der Waals surface area contributed by atoms with E-state index >= 15 is 0 Å². The van der Waals surface area contributed by atoms with Crippen molar-refractivity contribution < 1.29 is 22.7 Å². The molecule has 3 aromatic carbocycles. The summed E-state index contributed by atoms with van der Waals surface area (Å²) in [5, 5.41) is 8.89. The number of nitrogens with two attached hydrogens (primary N) is 1. The lowest BCUT2D eigenvalue weighted by atomic mass is 9.66. The maximum absolute atomic E-state index is 14.4. The maximum atomic E-state index is 14.4. The first-order valence-corrected chi connectivity index (χ1v) is 19.2. The van der Waals surface area contributed by atoms with Gasteiger partial charge < -0.3 is 15.2 Å². The van der Waals surface area contributed by atoms with E-state index in [4.69, 9.17) is 15.2 Å². The normalized spacial score (nSPS) is 16.6. The average molecular weight is 726 g/mol. The summed E-state index contributed by atoms with van der Waals surface area (Å²) in [5.41, 5.74) is 11.5. The van der Waals surface area contributed by atoms with E-state index in [1.165, 1.54) is 4.31 Å². The first-order chi connectivity index (χ1) is 24.9.